The van der Waals surface area contributed by atoms with Crippen LogP contribution >= 0.6 is 12.2 Å². The number of thiocarbonyl (C=S) groups is 1. The van der Waals surface area contributed by atoms with Crippen LogP contribution in [0.15, 0.2) is 24.4 Å². The van der Waals surface area contributed by atoms with Crippen LogP contribution < -0.4 is 5.73 Å². The lowest BCUT2D eigenvalue weighted by Crippen LogP contribution is -2.40. The van der Waals surface area contributed by atoms with Gasteiger partial charge in [-0.05, 0) is 25.5 Å². The van der Waals surface area contributed by atoms with Crippen molar-refractivity contribution in [2.75, 3.05) is 6.54 Å². The number of carbonyl (C=O) groups excluding carboxylic acids is 1. The molecule has 0 aliphatic rings. The molecular formula is C13H19N3OS. The highest BCUT2D eigenvalue weighted by molar-refractivity contribution is 7.80. The number of amides is 1. The Balaban J connectivity index is 2.77. The van der Waals surface area contributed by atoms with Gasteiger partial charge in [0.05, 0.1) is 23.1 Å². The van der Waals surface area contributed by atoms with Gasteiger partial charge in [0.1, 0.15) is 0 Å². The Morgan fingerprint density at radius 3 is 2.67 bits per heavy atom. The summed E-state index contributed by atoms with van der Waals surface area (Å²) in [6.45, 7) is 4.97. The number of carbonyl (C=O) groups is 1. The van der Waals surface area contributed by atoms with E-state index in [-0.39, 0.29) is 16.8 Å². The fourth-order valence-electron chi connectivity index (χ4n) is 1.75. The highest BCUT2D eigenvalue weighted by atomic mass is 32.1. The molecule has 1 amide bonds. The standard InChI is InChI=1S/C13H19N3OS/c1-3-11(12(14)18)13(17)16(4-2)9-10-7-5-6-8-15-10/h5-8,11H,3-4,9H2,1-2H3,(H2,14,18). The molecule has 18 heavy (non-hydrogen) atoms. The number of hydrogen-bond donors (Lipinski definition) is 1. The van der Waals surface area contributed by atoms with Crippen molar-refractivity contribution in [2.45, 2.75) is 26.8 Å². The van der Waals surface area contributed by atoms with Crippen LogP contribution in [0.2, 0.25) is 0 Å². The van der Waals surface area contributed by atoms with Gasteiger partial charge in [0.15, 0.2) is 0 Å². The Bertz CT molecular complexity index is 408. The third-order valence-electron chi connectivity index (χ3n) is 2.82. The first-order valence-electron chi connectivity index (χ1n) is 6.08. The van der Waals surface area contributed by atoms with Crippen LogP contribution in [0.3, 0.4) is 0 Å². The maximum Gasteiger partial charge on any atom is 0.232 e. The third kappa shape index (κ3) is 3.77. The fraction of sp³-hybridized carbons (Fsp3) is 0.462. The summed E-state index contributed by atoms with van der Waals surface area (Å²) in [7, 11) is 0. The molecule has 1 aromatic heterocycles. The maximum atomic E-state index is 12.3. The van der Waals surface area contributed by atoms with Gasteiger partial charge in [-0.1, -0.05) is 25.2 Å². The Labute approximate surface area is 113 Å². The predicted octanol–water partition coefficient (Wildman–Crippen LogP) is 1.74. The maximum absolute atomic E-state index is 12.3. The second-order valence-corrected chi connectivity index (χ2v) is 4.51. The average Bonchev–Trinajstić information content (AvgIpc) is 2.37. The Morgan fingerprint density at radius 1 is 1.50 bits per heavy atom. The van der Waals surface area contributed by atoms with E-state index in [1.54, 1.807) is 11.1 Å². The molecule has 0 fully saturated rings. The molecule has 0 radical (unpaired) electrons. The fourth-order valence-corrected chi connectivity index (χ4v) is 2.02. The summed E-state index contributed by atoms with van der Waals surface area (Å²) in [5.74, 6) is -0.387. The monoisotopic (exact) mass is 265 g/mol. The minimum atomic E-state index is -0.372. The van der Waals surface area contributed by atoms with Crippen molar-refractivity contribution in [2.24, 2.45) is 11.7 Å². The van der Waals surface area contributed by atoms with Crippen LogP contribution in [0.1, 0.15) is 26.0 Å². The zero-order chi connectivity index (χ0) is 13.5. The number of hydrogen-bond acceptors (Lipinski definition) is 3. The number of nitrogens with two attached hydrogens (primary N) is 1. The van der Waals surface area contributed by atoms with Crippen molar-refractivity contribution in [1.29, 1.82) is 0 Å². The summed E-state index contributed by atoms with van der Waals surface area (Å²) < 4.78 is 0. The first-order valence-corrected chi connectivity index (χ1v) is 6.49. The quantitative estimate of drug-likeness (QED) is 0.796. The summed E-state index contributed by atoms with van der Waals surface area (Å²) in [5, 5.41) is 0. The topological polar surface area (TPSA) is 59.2 Å². The van der Waals surface area contributed by atoms with E-state index in [1.807, 2.05) is 32.0 Å². The van der Waals surface area contributed by atoms with E-state index in [2.05, 4.69) is 4.98 Å². The summed E-state index contributed by atoms with van der Waals surface area (Å²) >= 11 is 4.94. The highest BCUT2D eigenvalue weighted by Gasteiger charge is 2.24. The SMILES string of the molecule is CCC(C(=O)N(CC)Cc1ccccn1)C(N)=S. The van der Waals surface area contributed by atoms with E-state index in [4.69, 9.17) is 18.0 Å². The first-order chi connectivity index (χ1) is 8.60. The molecule has 98 valence electrons. The van der Waals surface area contributed by atoms with Crippen LogP contribution in [-0.2, 0) is 11.3 Å². The van der Waals surface area contributed by atoms with Gasteiger partial charge in [0.25, 0.3) is 0 Å². The minimum absolute atomic E-state index is 0.0156. The molecule has 1 atom stereocenters. The molecule has 1 unspecified atom stereocenters. The van der Waals surface area contributed by atoms with Gasteiger partial charge in [0.2, 0.25) is 5.91 Å². The number of aromatic nitrogens is 1. The van der Waals surface area contributed by atoms with Crippen LogP contribution in [0, 0.1) is 5.92 Å². The van der Waals surface area contributed by atoms with E-state index in [9.17, 15) is 4.79 Å². The van der Waals surface area contributed by atoms with E-state index in [1.165, 1.54) is 0 Å². The van der Waals surface area contributed by atoms with E-state index in [0.717, 1.165) is 5.69 Å². The molecule has 1 rings (SSSR count). The molecule has 4 nitrogen and oxygen atoms in total. The first kappa shape index (κ1) is 14.6. The van der Waals surface area contributed by atoms with E-state index >= 15 is 0 Å². The lowest BCUT2D eigenvalue weighted by Gasteiger charge is -2.24. The van der Waals surface area contributed by atoms with Crippen molar-refractivity contribution in [1.82, 2.24) is 9.88 Å². The molecule has 1 aromatic rings. The second kappa shape index (κ2) is 7.06. The Hall–Kier alpha value is -1.49. The van der Waals surface area contributed by atoms with E-state index < -0.39 is 0 Å². The number of pyridine rings is 1. The number of rotatable bonds is 6. The summed E-state index contributed by atoms with van der Waals surface area (Å²) in [5.41, 5.74) is 6.47. The highest BCUT2D eigenvalue weighted by Crippen LogP contribution is 2.11. The van der Waals surface area contributed by atoms with Gasteiger partial charge < -0.3 is 10.6 Å². The van der Waals surface area contributed by atoms with Gasteiger partial charge >= 0.3 is 0 Å². The zero-order valence-electron chi connectivity index (χ0n) is 10.8. The predicted molar refractivity (Wildman–Crippen MR) is 75.9 cm³/mol. The second-order valence-electron chi connectivity index (χ2n) is 4.04. The van der Waals surface area contributed by atoms with Crippen molar-refractivity contribution in [3.8, 4) is 0 Å². The van der Waals surface area contributed by atoms with Crippen LogP contribution in [0.5, 0.6) is 0 Å². The van der Waals surface area contributed by atoms with Crippen LogP contribution in [-0.4, -0.2) is 27.3 Å². The van der Waals surface area contributed by atoms with Crippen molar-refractivity contribution in [3.63, 3.8) is 0 Å². The van der Waals surface area contributed by atoms with Gasteiger partial charge in [-0.3, -0.25) is 9.78 Å². The molecule has 0 saturated carbocycles. The van der Waals surface area contributed by atoms with Crippen molar-refractivity contribution < 1.29 is 4.79 Å². The third-order valence-corrected chi connectivity index (χ3v) is 3.11. The molecule has 2 N–H and O–H groups in total. The molecule has 0 aliphatic heterocycles. The van der Waals surface area contributed by atoms with Gasteiger partial charge in [-0.15, -0.1) is 0 Å². The van der Waals surface area contributed by atoms with Crippen molar-refractivity contribution >= 4 is 23.1 Å². The summed E-state index contributed by atoms with van der Waals surface area (Å²) in [4.78, 5) is 18.5. The largest absolute Gasteiger partial charge is 0.393 e. The molecule has 5 heteroatoms. The Morgan fingerprint density at radius 2 is 2.22 bits per heavy atom. The van der Waals surface area contributed by atoms with Crippen LogP contribution in [0.4, 0.5) is 0 Å². The van der Waals surface area contributed by atoms with E-state index in [0.29, 0.717) is 19.5 Å². The smallest absolute Gasteiger partial charge is 0.232 e. The normalized spacial score (nSPS) is 11.9. The minimum Gasteiger partial charge on any atom is -0.393 e. The van der Waals surface area contributed by atoms with Gasteiger partial charge in [-0.2, -0.15) is 0 Å². The van der Waals surface area contributed by atoms with Crippen LogP contribution in [0.25, 0.3) is 0 Å². The molecule has 0 bridgehead atoms. The molecule has 0 spiro atoms. The average molecular weight is 265 g/mol. The lowest BCUT2D eigenvalue weighted by atomic mass is 10.0. The zero-order valence-corrected chi connectivity index (χ0v) is 11.6. The van der Waals surface area contributed by atoms with Crippen molar-refractivity contribution in [3.05, 3.63) is 30.1 Å². The molecule has 1 heterocycles. The van der Waals surface area contributed by atoms with Gasteiger partial charge in [0, 0.05) is 12.7 Å². The molecular weight excluding hydrogens is 246 g/mol. The molecule has 0 aliphatic carbocycles. The molecule has 0 saturated heterocycles. The summed E-state index contributed by atoms with van der Waals surface area (Å²) in [6, 6.07) is 5.66. The Kier molecular flexibility index (Phi) is 5.71. The molecule has 0 aromatic carbocycles. The lowest BCUT2D eigenvalue weighted by molar-refractivity contribution is -0.133. The summed E-state index contributed by atoms with van der Waals surface area (Å²) in [6.07, 6.45) is 2.35. The van der Waals surface area contributed by atoms with Gasteiger partial charge in [-0.25, -0.2) is 0 Å². The number of nitrogens with zero attached hydrogens (tertiary/aromatic N) is 2.